The first kappa shape index (κ1) is 24.3. The quantitative estimate of drug-likeness (QED) is 0.666. The maximum Gasteiger partial charge on any atom is 0.245 e. The zero-order valence-corrected chi connectivity index (χ0v) is 20.2. The van der Waals surface area contributed by atoms with Gasteiger partial charge in [-0.25, -0.2) is 0 Å². The Kier molecular flexibility index (Phi) is 7.41. The zero-order valence-electron chi connectivity index (χ0n) is 20.2. The lowest BCUT2D eigenvalue weighted by Crippen LogP contribution is -2.50. The number of carbonyl (C=O) groups excluding carboxylic acids is 2. The van der Waals surface area contributed by atoms with Crippen LogP contribution >= 0.6 is 0 Å². The molecule has 1 aliphatic heterocycles. The van der Waals surface area contributed by atoms with Crippen LogP contribution in [0.1, 0.15) is 45.2 Å². The molecule has 2 aromatic carbocycles. The van der Waals surface area contributed by atoms with Crippen molar-refractivity contribution in [2.24, 2.45) is 10.4 Å². The van der Waals surface area contributed by atoms with Crippen molar-refractivity contribution in [3.63, 3.8) is 0 Å². The summed E-state index contributed by atoms with van der Waals surface area (Å²) in [6.07, 6.45) is 1.19. The van der Waals surface area contributed by atoms with Crippen LogP contribution in [0.3, 0.4) is 0 Å². The maximum absolute atomic E-state index is 12.8. The van der Waals surface area contributed by atoms with Gasteiger partial charge in [-0.2, -0.15) is 0 Å². The number of aliphatic imine (C=N–C) groups is 1. The molecular weight excluding hydrogens is 418 g/mol. The van der Waals surface area contributed by atoms with Gasteiger partial charge in [0.25, 0.3) is 0 Å². The highest BCUT2D eigenvalue weighted by molar-refractivity contribution is 6.09. The van der Waals surface area contributed by atoms with Crippen LogP contribution in [0.4, 0.5) is 5.69 Å². The van der Waals surface area contributed by atoms with Crippen molar-refractivity contribution in [2.45, 2.75) is 52.6 Å². The van der Waals surface area contributed by atoms with Gasteiger partial charge in [-0.05, 0) is 42.3 Å². The first-order valence-corrected chi connectivity index (χ1v) is 11.2. The highest BCUT2D eigenvalue weighted by atomic mass is 16.5. The average Bonchev–Trinajstić information content (AvgIpc) is 2.80. The van der Waals surface area contributed by atoms with Crippen molar-refractivity contribution in [1.29, 1.82) is 0 Å². The summed E-state index contributed by atoms with van der Waals surface area (Å²) in [5, 5.41) is 6.02. The van der Waals surface area contributed by atoms with E-state index in [1.165, 1.54) is 0 Å². The molecule has 2 atom stereocenters. The van der Waals surface area contributed by atoms with E-state index in [9.17, 15) is 9.59 Å². The van der Waals surface area contributed by atoms with E-state index >= 15 is 0 Å². The van der Waals surface area contributed by atoms with Crippen molar-refractivity contribution in [3.05, 3.63) is 53.6 Å². The lowest BCUT2D eigenvalue weighted by atomic mass is 9.95. The number of anilines is 1. The van der Waals surface area contributed by atoms with Gasteiger partial charge >= 0.3 is 0 Å². The molecule has 0 spiro atoms. The second kappa shape index (κ2) is 10.1. The Morgan fingerprint density at radius 3 is 2.30 bits per heavy atom. The molecule has 1 aliphatic rings. The first-order valence-electron chi connectivity index (χ1n) is 11.2. The van der Waals surface area contributed by atoms with Gasteiger partial charge in [0.2, 0.25) is 11.8 Å². The molecule has 176 valence electrons. The maximum atomic E-state index is 12.8. The predicted molar refractivity (Wildman–Crippen MR) is 130 cm³/mol. The third kappa shape index (κ3) is 5.72. The van der Waals surface area contributed by atoms with Crippen molar-refractivity contribution in [2.75, 3.05) is 19.5 Å². The molecule has 33 heavy (non-hydrogen) atoms. The van der Waals surface area contributed by atoms with E-state index in [0.29, 0.717) is 17.9 Å². The fourth-order valence-corrected chi connectivity index (χ4v) is 3.62. The van der Waals surface area contributed by atoms with Gasteiger partial charge in [0.15, 0.2) is 11.5 Å². The van der Waals surface area contributed by atoms with E-state index in [1.54, 1.807) is 14.2 Å². The summed E-state index contributed by atoms with van der Waals surface area (Å²) in [6, 6.07) is 12.5. The summed E-state index contributed by atoms with van der Waals surface area (Å²) in [4.78, 5) is 29.8. The van der Waals surface area contributed by atoms with Gasteiger partial charge in [-0.3, -0.25) is 14.6 Å². The van der Waals surface area contributed by atoms with Crippen LogP contribution in [-0.4, -0.2) is 43.8 Å². The molecule has 0 saturated carbocycles. The Hall–Kier alpha value is -3.35. The van der Waals surface area contributed by atoms with Crippen LogP contribution in [0, 0.1) is 5.41 Å². The fraction of sp³-hybridized carbons (Fsp3) is 0.423. The average molecular weight is 452 g/mol. The largest absolute Gasteiger partial charge is 0.493 e. The summed E-state index contributed by atoms with van der Waals surface area (Å²) < 4.78 is 10.8. The summed E-state index contributed by atoms with van der Waals surface area (Å²) in [5.74, 6) is 1.13. The number of methoxy groups -OCH3 is 2. The summed E-state index contributed by atoms with van der Waals surface area (Å²) >= 11 is 0. The van der Waals surface area contributed by atoms with Crippen molar-refractivity contribution >= 4 is 23.2 Å². The minimum Gasteiger partial charge on any atom is -0.493 e. The highest BCUT2D eigenvalue weighted by Crippen LogP contribution is 2.29. The monoisotopic (exact) mass is 451 g/mol. The molecular formula is C26H33N3O4. The standard InChI is InChI=1S/C26H33N3O4/c1-7-19-23(17-10-13-21(32-5)22(15-17)33-6)28-20(24(30)29-19)14-16-8-11-18(12-9-16)27-25(31)26(2,3)4/h8-13,15,19-20H,7,14H2,1-6H3,(H,27,31)(H,29,30). The van der Waals surface area contributed by atoms with Gasteiger partial charge < -0.3 is 20.1 Å². The van der Waals surface area contributed by atoms with Gasteiger partial charge in [-0.1, -0.05) is 39.8 Å². The molecule has 0 bridgehead atoms. The van der Waals surface area contributed by atoms with E-state index in [1.807, 2.05) is 70.2 Å². The van der Waals surface area contributed by atoms with Crippen LogP contribution in [0.15, 0.2) is 47.5 Å². The van der Waals surface area contributed by atoms with Gasteiger partial charge in [0, 0.05) is 23.1 Å². The van der Waals surface area contributed by atoms with E-state index in [0.717, 1.165) is 28.9 Å². The number of rotatable bonds is 7. The van der Waals surface area contributed by atoms with Crippen molar-refractivity contribution in [1.82, 2.24) is 5.32 Å². The molecule has 7 heteroatoms. The lowest BCUT2D eigenvalue weighted by Gasteiger charge is -2.28. The minimum absolute atomic E-state index is 0.0447. The number of hydrogen-bond acceptors (Lipinski definition) is 5. The van der Waals surface area contributed by atoms with Crippen LogP contribution in [-0.2, 0) is 16.0 Å². The van der Waals surface area contributed by atoms with E-state index < -0.39 is 11.5 Å². The highest BCUT2D eigenvalue weighted by Gasteiger charge is 2.30. The summed E-state index contributed by atoms with van der Waals surface area (Å²) in [7, 11) is 3.19. The van der Waals surface area contributed by atoms with Gasteiger partial charge in [0.05, 0.1) is 26.0 Å². The number of ether oxygens (including phenoxy) is 2. The Balaban J connectivity index is 1.83. The van der Waals surface area contributed by atoms with E-state index in [2.05, 4.69) is 10.6 Å². The Morgan fingerprint density at radius 2 is 1.73 bits per heavy atom. The smallest absolute Gasteiger partial charge is 0.245 e. The number of amides is 2. The molecule has 0 radical (unpaired) electrons. The van der Waals surface area contributed by atoms with Crippen LogP contribution < -0.4 is 20.1 Å². The Morgan fingerprint density at radius 1 is 1.06 bits per heavy atom. The molecule has 2 amide bonds. The van der Waals surface area contributed by atoms with Gasteiger partial charge in [0.1, 0.15) is 6.04 Å². The summed E-state index contributed by atoms with van der Waals surface area (Å²) in [5.41, 5.74) is 2.95. The predicted octanol–water partition coefficient (Wildman–Crippen LogP) is 4.00. The molecule has 0 aliphatic carbocycles. The van der Waals surface area contributed by atoms with E-state index in [4.69, 9.17) is 14.5 Å². The Labute approximate surface area is 195 Å². The SMILES string of the molecule is CCC1NC(=O)C(Cc2ccc(NC(=O)C(C)(C)C)cc2)N=C1c1ccc(OC)c(OC)c1. The van der Waals surface area contributed by atoms with E-state index in [-0.39, 0.29) is 17.9 Å². The third-order valence-corrected chi connectivity index (χ3v) is 5.65. The lowest BCUT2D eigenvalue weighted by molar-refractivity contribution is -0.123. The second-order valence-electron chi connectivity index (χ2n) is 9.17. The molecule has 0 fully saturated rings. The number of benzene rings is 2. The van der Waals surface area contributed by atoms with Crippen molar-refractivity contribution < 1.29 is 19.1 Å². The summed E-state index contributed by atoms with van der Waals surface area (Å²) in [6.45, 7) is 7.63. The number of carbonyl (C=O) groups is 2. The number of hydrogen-bond donors (Lipinski definition) is 2. The zero-order chi connectivity index (χ0) is 24.2. The molecule has 0 saturated heterocycles. The molecule has 2 N–H and O–H groups in total. The van der Waals surface area contributed by atoms with Crippen molar-refractivity contribution in [3.8, 4) is 11.5 Å². The third-order valence-electron chi connectivity index (χ3n) is 5.65. The number of nitrogens with zero attached hydrogens (tertiary/aromatic N) is 1. The van der Waals surface area contributed by atoms with Gasteiger partial charge in [-0.15, -0.1) is 0 Å². The molecule has 3 rings (SSSR count). The van der Waals surface area contributed by atoms with Crippen LogP contribution in [0.2, 0.25) is 0 Å². The minimum atomic E-state index is -0.536. The normalized spacial score (nSPS) is 18.2. The molecule has 7 nitrogen and oxygen atoms in total. The Bertz CT molecular complexity index is 1040. The number of nitrogens with one attached hydrogen (secondary N) is 2. The molecule has 0 aromatic heterocycles. The molecule has 1 heterocycles. The van der Waals surface area contributed by atoms with Crippen LogP contribution in [0.5, 0.6) is 11.5 Å². The molecule has 2 unspecified atom stereocenters. The molecule has 2 aromatic rings. The second-order valence-corrected chi connectivity index (χ2v) is 9.17. The first-order chi connectivity index (χ1) is 15.7. The fourth-order valence-electron chi connectivity index (χ4n) is 3.62. The topological polar surface area (TPSA) is 89.0 Å². The van der Waals surface area contributed by atoms with Crippen LogP contribution in [0.25, 0.3) is 0 Å².